The van der Waals surface area contributed by atoms with Gasteiger partial charge in [-0.2, -0.15) is 0 Å². The van der Waals surface area contributed by atoms with E-state index in [4.69, 9.17) is 4.18 Å². The Kier molecular flexibility index (Phi) is 2.61. The average Bonchev–Trinajstić information content (AvgIpc) is 2.23. The number of phenols is 1. The molecular weight excluding hydrogens is 196 g/mol. The predicted molar refractivity (Wildman–Crippen MR) is 58.5 cm³/mol. The molecule has 0 bridgehead atoms. The van der Waals surface area contributed by atoms with Gasteiger partial charge in [-0.05, 0) is 11.5 Å². The molecule has 0 aromatic heterocycles. The Morgan fingerprint density at radius 1 is 1.14 bits per heavy atom. The monoisotopic (exact) mass is 206 g/mol. The predicted octanol–water partition coefficient (Wildman–Crippen LogP) is 3.20. The first-order valence-corrected chi connectivity index (χ1v) is 4.98. The molecule has 2 aromatic rings. The molecule has 0 heterocycles. The molecule has 0 atom stereocenters. The second-order valence-corrected chi connectivity index (χ2v) is 3.82. The molecule has 0 aliphatic carbocycles. The maximum absolute atomic E-state index is 9.88. The van der Waals surface area contributed by atoms with Crippen LogP contribution >= 0.6 is 12.0 Å². The van der Waals surface area contributed by atoms with E-state index in [9.17, 15) is 5.11 Å². The van der Waals surface area contributed by atoms with Crippen LogP contribution in [0.15, 0.2) is 41.3 Å². The van der Waals surface area contributed by atoms with Crippen LogP contribution in [0.3, 0.4) is 0 Å². The lowest BCUT2D eigenvalue weighted by Gasteiger charge is -2.05. The minimum atomic E-state index is 0.287. The highest BCUT2D eigenvalue weighted by Crippen LogP contribution is 2.34. The van der Waals surface area contributed by atoms with Crippen LogP contribution in [0.25, 0.3) is 10.8 Å². The van der Waals surface area contributed by atoms with Gasteiger partial charge in [0.2, 0.25) is 0 Å². The molecule has 72 valence electrons. The number of hydrogen-bond donors (Lipinski definition) is 1. The molecule has 0 unspecified atom stereocenters. The van der Waals surface area contributed by atoms with E-state index in [0.29, 0.717) is 0 Å². The summed E-state index contributed by atoms with van der Waals surface area (Å²) in [5, 5.41) is 11.8. The Morgan fingerprint density at radius 2 is 1.93 bits per heavy atom. The van der Waals surface area contributed by atoms with Crippen LogP contribution in [0.2, 0.25) is 0 Å². The van der Waals surface area contributed by atoms with Crippen LogP contribution in [-0.4, -0.2) is 12.2 Å². The zero-order valence-corrected chi connectivity index (χ0v) is 8.54. The molecule has 0 saturated carbocycles. The summed E-state index contributed by atoms with van der Waals surface area (Å²) in [4.78, 5) is 0.742. The van der Waals surface area contributed by atoms with Crippen molar-refractivity contribution in [2.24, 2.45) is 0 Å². The summed E-state index contributed by atoms with van der Waals surface area (Å²) in [6.45, 7) is 0. The fourth-order valence-electron chi connectivity index (χ4n) is 1.39. The molecule has 0 aliphatic rings. The number of fused-ring (bicyclic) bond motifs is 1. The molecule has 2 rings (SSSR count). The highest BCUT2D eigenvalue weighted by atomic mass is 32.2. The first-order chi connectivity index (χ1) is 6.83. The molecule has 1 N–H and O–H groups in total. The van der Waals surface area contributed by atoms with Gasteiger partial charge in [0.15, 0.2) is 0 Å². The van der Waals surface area contributed by atoms with E-state index in [2.05, 4.69) is 0 Å². The third kappa shape index (κ3) is 1.56. The van der Waals surface area contributed by atoms with Crippen LogP contribution in [0.4, 0.5) is 0 Å². The SMILES string of the molecule is COSc1ccc2ccccc2c1O. The van der Waals surface area contributed by atoms with E-state index in [0.717, 1.165) is 15.7 Å². The van der Waals surface area contributed by atoms with Crippen molar-refractivity contribution in [1.29, 1.82) is 0 Å². The highest BCUT2D eigenvalue weighted by Gasteiger charge is 2.05. The Balaban J connectivity index is 2.63. The van der Waals surface area contributed by atoms with Crippen LogP contribution in [0.5, 0.6) is 5.75 Å². The molecule has 0 aliphatic heterocycles. The quantitative estimate of drug-likeness (QED) is 0.765. The molecule has 14 heavy (non-hydrogen) atoms. The summed E-state index contributed by atoms with van der Waals surface area (Å²) < 4.78 is 4.91. The standard InChI is InChI=1S/C11H10O2S/c1-13-14-10-7-6-8-4-2-3-5-9(8)11(10)12/h2-7,12H,1H3. The van der Waals surface area contributed by atoms with Crippen molar-refractivity contribution in [3.05, 3.63) is 36.4 Å². The normalized spacial score (nSPS) is 10.6. The van der Waals surface area contributed by atoms with E-state index in [-0.39, 0.29) is 5.75 Å². The van der Waals surface area contributed by atoms with E-state index in [1.54, 1.807) is 7.11 Å². The first-order valence-electron chi connectivity index (χ1n) is 4.24. The number of phenolic OH excluding ortho intramolecular Hbond substituents is 1. The fraction of sp³-hybridized carbons (Fsp3) is 0.0909. The topological polar surface area (TPSA) is 29.5 Å². The third-order valence-electron chi connectivity index (χ3n) is 2.04. The minimum absolute atomic E-state index is 0.287. The van der Waals surface area contributed by atoms with Gasteiger partial charge in [0, 0.05) is 17.4 Å². The zero-order chi connectivity index (χ0) is 9.97. The van der Waals surface area contributed by atoms with E-state index in [1.807, 2.05) is 36.4 Å². The number of aromatic hydroxyl groups is 1. The molecule has 0 amide bonds. The van der Waals surface area contributed by atoms with Crippen molar-refractivity contribution in [3.63, 3.8) is 0 Å². The second-order valence-electron chi connectivity index (χ2n) is 2.88. The van der Waals surface area contributed by atoms with Crippen molar-refractivity contribution >= 4 is 22.8 Å². The van der Waals surface area contributed by atoms with Gasteiger partial charge in [-0.3, -0.25) is 0 Å². The smallest absolute Gasteiger partial charge is 0.139 e. The maximum atomic E-state index is 9.88. The fourth-order valence-corrected chi connectivity index (χ4v) is 1.88. The molecule has 0 fully saturated rings. The number of benzene rings is 2. The maximum Gasteiger partial charge on any atom is 0.139 e. The number of rotatable bonds is 2. The van der Waals surface area contributed by atoms with E-state index >= 15 is 0 Å². The van der Waals surface area contributed by atoms with Gasteiger partial charge in [-0.1, -0.05) is 30.3 Å². The van der Waals surface area contributed by atoms with Crippen LogP contribution in [-0.2, 0) is 4.18 Å². The Labute approximate surface area is 86.7 Å². The van der Waals surface area contributed by atoms with Crippen LogP contribution < -0.4 is 0 Å². The summed E-state index contributed by atoms with van der Waals surface area (Å²) in [6.07, 6.45) is 0. The van der Waals surface area contributed by atoms with Crippen LogP contribution in [0, 0.1) is 0 Å². The summed E-state index contributed by atoms with van der Waals surface area (Å²) in [5.74, 6) is 0.287. The van der Waals surface area contributed by atoms with Gasteiger partial charge in [0.1, 0.15) is 5.75 Å². The molecular formula is C11H10O2S. The summed E-state index contributed by atoms with van der Waals surface area (Å²) >= 11 is 1.17. The lowest BCUT2D eigenvalue weighted by Crippen LogP contribution is -1.78. The van der Waals surface area contributed by atoms with Crippen molar-refractivity contribution in [2.45, 2.75) is 4.90 Å². The zero-order valence-electron chi connectivity index (χ0n) is 7.73. The summed E-state index contributed by atoms with van der Waals surface area (Å²) in [6, 6.07) is 11.5. The number of hydrogen-bond acceptors (Lipinski definition) is 3. The van der Waals surface area contributed by atoms with Gasteiger partial charge in [0.25, 0.3) is 0 Å². The largest absolute Gasteiger partial charge is 0.506 e. The van der Waals surface area contributed by atoms with Gasteiger partial charge in [-0.15, -0.1) is 0 Å². The average molecular weight is 206 g/mol. The molecule has 2 nitrogen and oxygen atoms in total. The highest BCUT2D eigenvalue weighted by molar-refractivity contribution is 7.94. The molecule has 0 saturated heterocycles. The lowest BCUT2D eigenvalue weighted by atomic mass is 10.1. The first kappa shape index (κ1) is 9.37. The summed E-state index contributed by atoms with van der Waals surface area (Å²) in [5.41, 5.74) is 0. The van der Waals surface area contributed by atoms with E-state index in [1.165, 1.54) is 12.0 Å². The summed E-state index contributed by atoms with van der Waals surface area (Å²) in [7, 11) is 1.58. The van der Waals surface area contributed by atoms with Gasteiger partial charge < -0.3 is 9.29 Å². The van der Waals surface area contributed by atoms with Crippen molar-refractivity contribution in [3.8, 4) is 5.75 Å². The molecule has 2 aromatic carbocycles. The van der Waals surface area contributed by atoms with E-state index < -0.39 is 0 Å². The minimum Gasteiger partial charge on any atom is -0.506 e. The molecule has 0 radical (unpaired) electrons. The Bertz CT molecular complexity index is 454. The van der Waals surface area contributed by atoms with Gasteiger partial charge in [0.05, 0.1) is 12.0 Å². The molecule has 0 spiro atoms. The van der Waals surface area contributed by atoms with Gasteiger partial charge >= 0.3 is 0 Å². The third-order valence-corrected chi connectivity index (χ3v) is 2.71. The van der Waals surface area contributed by atoms with Gasteiger partial charge in [-0.25, -0.2) is 0 Å². The molecule has 3 heteroatoms. The lowest BCUT2D eigenvalue weighted by molar-refractivity contribution is 0.459. The van der Waals surface area contributed by atoms with Crippen molar-refractivity contribution in [2.75, 3.05) is 7.11 Å². The second kappa shape index (κ2) is 3.90. The Hall–Kier alpha value is -1.19. The van der Waals surface area contributed by atoms with Crippen molar-refractivity contribution < 1.29 is 9.29 Å². The van der Waals surface area contributed by atoms with Crippen molar-refractivity contribution in [1.82, 2.24) is 0 Å². The van der Waals surface area contributed by atoms with Crippen LogP contribution in [0.1, 0.15) is 0 Å². The Morgan fingerprint density at radius 3 is 2.71 bits per heavy atom.